The van der Waals surface area contributed by atoms with Crippen molar-refractivity contribution in [3.8, 4) is 10.7 Å². The Morgan fingerprint density at radius 1 is 1.47 bits per heavy atom. The molecule has 0 aromatic carbocycles. The van der Waals surface area contributed by atoms with Crippen molar-refractivity contribution in [3.63, 3.8) is 0 Å². The van der Waals surface area contributed by atoms with Crippen molar-refractivity contribution in [3.05, 3.63) is 29.2 Å². The van der Waals surface area contributed by atoms with Gasteiger partial charge in [-0.2, -0.15) is 0 Å². The van der Waals surface area contributed by atoms with Gasteiger partial charge in [-0.1, -0.05) is 0 Å². The van der Waals surface area contributed by atoms with Crippen LogP contribution in [0.2, 0.25) is 0 Å². The first-order valence-corrected chi connectivity index (χ1v) is 6.63. The first-order valence-electron chi connectivity index (χ1n) is 5.81. The van der Waals surface area contributed by atoms with Crippen LogP contribution in [0, 0.1) is 0 Å². The number of aromatic nitrogens is 3. The molecule has 0 saturated carbocycles. The molecule has 2 heterocycles. The minimum Gasteiger partial charge on any atom is -0.312 e. The zero-order valence-electron chi connectivity index (χ0n) is 9.68. The third-order valence-electron chi connectivity index (χ3n) is 3.10. The molecule has 0 radical (unpaired) electrons. The van der Waals surface area contributed by atoms with Gasteiger partial charge < -0.3 is 5.32 Å². The van der Waals surface area contributed by atoms with Crippen LogP contribution in [0.1, 0.15) is 29.5 Å². The van der Waals surface area contributed by atoms with Crippen LogP contribution >= 0.6 is 11.3 Å². The van der Waals surface area contributed by atoms with Crippen LogP contribution in [0.3, 0.4) is 0 Å². The van der Waals surface area contributed by atoms with Crippen LogP contribution in [0.5, 0.6) is 0 Å². The third-order valence-corrected chi connectivity index (χ3v) is 4.33. The number of aryl methyl sites for hydroxylation is 1. The van der Waals surface area contributed by atoms with E-state index in [2.05, 4.69) is 15.3 Å². The van der Waals surface area contributed by atoms with E-state index in [-0.39, 0.29) is 0 Å². The molecule has 3 rings (SSSR count). The molecule has 1 atom stereocenters. The molecule has 2 aromatic rings. The maximum atomic E-state index is 4.71. The van der Waals surface area contributed by atoms with Crippen molar-refractivity contribution < 1.29 is 0 Å². The lowest BCUT2D eigenvalue weighted by atomic mass is 9.98. The highest BCUT2D eigenvalue weighted by Crippen LogP contribution is 2.36. The van der Waals surface area contributed by atoms with Gasteiger partial charge in [0.05, 0.1) is 5.69 Å². The van der Waals surface area contributed by atoms with Gasteiger partial charge in [-0.3, -0.25) is 0 Å². The zero-order chi connectivity index (χ0) is 11.7. The molecule has 4 nitrogen and oxygen atoms in total. The van der Waals surface area contributed by atoms with Gasteiger partial charge >= 0.3 is 0 Å². The number of rotatable bonds is 2. The second kappa shape index (κ2) is 4.50. The maximum absolute atomic E-state index is 4.71. The smallest absolute Gasteiger partial charge is 0.142 e. The topological polar surface area (TPSA) is 50.7 Å². The molecule has 0 amide bonds. The van der Waals surface area contributed by atoms with Crippen molar-refractivity contribution in [2.24, 2.45) is 0 Å². The fourth-order valence-corrected chi connectivity index (χ4v) is 3.45. The zero-order valence-corrected chi connectivity index (χ0v) is 10.5. The lowest BCUT2D eigenvalue weighted by Gasteiger charge is -2.19. The van der Waals surface area contributed by atoms with Gasteiger partial charge in [-0.25, -0.2) is 15.0 Å². The highest BCUT2D eigenvalue weighted by Gasteiger charge is 2.23. The van der Waals surface area contributed by atoms with Gasteiger partial charge in [0.1, 0.15) is 17.0 Å². The number of hydrogen-bond acceptors (Lipinski definition) is 5. The average Bonchev–Trinajstić information content (AvgIpc) is 2.83. The molecule has 0 aliphatic heterocycles. The van der Waals surface area contributed by atoms with E-state index in [1.54, 1.807) is 23.9 Å². The van der Waals surface area contributed by atoms with Crippen molar-refractivity contribution in [1.82, 2.24) is 20.3 Å². The molecule has 1 N–H and O–H groups in total. The van der Waals surface area contributed by atoms with Gasteiger partial charge in [-0.15, -0.1) is 11.3 Å². The van der Waals surface area contributed by atoms with Gasteiger partial charge in [0, 0.05) is 17.1 Å². The largest absolute Gasteiger partial charge is 0.312 e. The normalized spacial score (nSPS) is 19.0. The van der Waals surface area contributed by atoms with E-state index in [0.717, 1.165) is 17.1 Å². The van der Waals surface area contributed by atoms with E-state index < -0.39 is 0 Å². The maximum Gasteiger partial charge on any atom is 0.142 e. The van der Waals surface area contributed by atoms with Crippen molar-refractivity contribution >= 4 is 11.3 Å². The Hall–Kier alpha value is -1.33. The second-order valence-electron chi connectivity index (χ2n) is 4.16. The van der Waals surface area contributed by atoms with Gasteiger partial charge in [-0.05, 0) is 32.4 Å². The predicted octanol–water partition coefficient (Wildman–Crippen LogP) is 2.20. The highest BCUT2D eigenvalue weighted by molar-refractivity contribution is 7.15. The Labute approximate surface area is 104 Å². The summed E-state index contributed by atoms with van der Waals surface area (Å²) >= 11 is 1.76. The molecule has 88 valence electrons. The summed E-state index contributed by atoms with van der Waals surface area (Å²) in [5.41, 5.74) is 2.17. The van der Waals surface area contributed by atoms with Crippen LogP contribution in [0.4, 0.5) is 0 Å². The quantitative estimate of drug-likeness (QED) is 0.882. The Kier molecular flexibility index (Phi) is 2.86. The number of fused-ring (bicyclic) bond motifs is 1. The lowest BCUT2D eigenvalue weighted by Crippen LogP contribution is -2.19. The average molecular weight is 246 g/mol. The summed E-state index contributed by atoms with van der Waals surface area (Å²) in [6, 6.07) is 2.38. The molecule has 5 heteroatoms. The van der Waals surface area contributed by atoms with E-state index >= 15 is 0 Å². The summed E-state index contributed by atoms with van der Waals surface area (Å²) in [6.45, 7) is 0. The Bertz CT molecular complexity index is 508. The molecule has 2 aromatic heterocycles. The Balaban J connectivity index is 2.02. The number of nitrogens with one attached hydrogen (secondary N) is 1. The van der Waals surface area contributed by atoms with Crippen molar-refractivity contribution in [2.45, 2.75) is 25.3 Å². The third kappa shape index (κ3) is 1.96. The number of hydrogen-bond donors (Lipinski definition) is 1. The molecular formula is C12H14N4S. The fraction of sp³-hybridized carbons (Fsp3) is 0.417. The summed E-state index contributed by atoms with van der Waals surface area (Å²) in [7, 11) is 2.02. The van der Waals surface area contributed by atoms with E-state index in [9.17, 15) is 0 Å². The molecule has 0 bridgehead atoms. The van der Waals surface area contributed by atoms with Crippen LogP contribution in [-0.2, 0) is 6.42 Å². The minimum absolute atomic E-state index is 0.465. The molecule has 1 aliphatic carbocycles. The van der Waals surface area contributed by atoms with Crippen LogP contribution in [0.15, 0.2) is 18.6 Å². The predicted molar refractivity (Wildman–Crippen MR) is 67.9 cm³/mol. The lowest BCUT2D eigenvalue weighted by molar-refractivity contribution is 0.501. The van der Waals surface area contributed by atoms with Gasteiger partial charge in [0.25, 0.3) is 0 Å². The Morgan fingerprint density at radius 3 is 3.18 bits per heavy atom. The minimum atomic E-state index is 0.465. The van der Waals surface area contributed by atoms with Crippen LogP contribution in [-0.4, -0.2) is 22.0 Å². The van der Waals surface area contributed by atoms with Gasteiger partial charge in [0.2, 0.25) is 0 Å². The fourth-order valence-electron chi connectivity index (χ4n) is 2.22. The first-order chi connectivity index (χ1) is 8.38. The number of nitrogens with zero attached hydrogens (tertiary/aromatic N) is 3. The molecule has 0 saturated heterocycles. The van der Waals surface area contributed by atoms with E-state index in [0.29, 0.717) is 6.04 Å². The summed E-state index contributed by atoms with van der Waals surface area (Å²) in [4.78, 5) is 14.3. The highest BCUT2D eigenvalue weighted by atomic mass is 32.1. The van der Waals surface area contributed by atoms with Crippen molar-refractivity contribution in [2.75, 3.05) is 7.05 Å². The summed E-state index contributed by atoms with van der Waals surface area (Å²) in [5.74, 6) is 0. The summed E-state index contributed by atoms with van der Waals surface area (Å²) < 4.78 is 0. The van der Waals surface area contributed by atoms with Crippen LogP contribution < -0.4 is 5.32 Å². The number of thiazole rings is 1. The van der Waals surface area contributed by atoms with E-state index in [4.69, 9.17) is 4.98 Å². The second-order valence-corrected chi connectivity index (χ2v) is 5.19. The molecule has 1 aliphatic rings. The SMILES string of the molecule is CNC1CCCc2nc(-c3ccncn3)sc21. The molecule has 1 unspecified atom stereocenters. The molecule has 17 heavy (non-hydrogen) atoms. The molecule has 0 fully saturated rings. The summed E-state index contributed by atoms with van der Waals surface area (Å²) in [6.07, 6.45) is 6.85. The van der Waals surface area contributed by atoms with Gasteiger partial charge in [0.15, 0.2) is 0 Å². The monoisotopic (exact) mass is 246 g/mol. The Morgan fingerprint density at radius 2 is 2.41 bits per heavy atom. The first kappa shape index (κ1) is 10.8. The van der Waals surface area contributed by atoms with Crippen molar-refractivity contribution in [1.29, 1.82) is 0 Å². The summed E-state index contributed by atoms with van der Waals surface area (Å²) in [5, 5.41) is 4.38. The van der Waals surface area contributed by atoms with Crippen LogP contribution in [0.25, 0.3) is 10.7 Å². The van der Waals surface area contributed by atoms with E-state index in [1.807, 2.05) is 13.1 Å². The molecular weight excluding hydrogens is 232 g/mol. The molecule has 0 spiro atoms. The standard InChI is InChI=1S/C12H14N4S/c1-13-8-3-2-4-9-11(8)17-12(16-9)10-5-6-14-7-15-10/h5-8,13H,2-4H2,1H3. The van der Waals surface area contributed by atoms with E-state index in [1.165, 1.54) is 23.4 Å².